The van der Waals surface area contributed by atoms with Gasteiger partial charge in [-0.3, -0.25) is 0 Å². The van der Waals surface area contributed by atoms with E-state index < -0.39 is 11.5 Å². The molecule has 1 N–H and O–H groups in total. The van der Waals surface area contributed by atoms with Crippen LogP contribution in [-0.2, 0) is 11.3 Å². The summed E-state index contributed by atoms with van der Waals surface area (Å²) in [4.78, 5) is 27.6. The number of carboxylic acids is 1. The maximum atomic E-state index is 12.4. The number of halogens is 1. The molecule has 0 aromatic carbocycles. The van der Waals surface area contributed by atoms with Crippen molar-refractivity contribution in [2.45, 2.75) is 32.9 Å². The molecule has 20 heavy (non-hydrogen) atoms. The molecule has 0 aliphatic carbocycles. The highest BCUT2D eigenvalue weighted by atomic mass is 79.9. The Morgan fingerprint density at radius 3 is 2.45 bits per heavy atom. The SMILES string of the molecule is CCN(C(=O)N(C)Cc1cc(Br)cs1)C(C)(C)C(=O)O. The molecule has 2 amide bonds. The Morgan fingerprint density at radius 2 is 2.05 bits per heavy atom. The molecule has 1 heterocycles. The maximum Gasteiger partial charge on any atom is 0.329 e. The monoisotopic (exact) mass is 362 g/mol. The quantitative estimate of drug-likeness (QED) is 0.874. The summed E-state index contributed by atoms with van der Waals surface area (Å²) >= 11 is 4.92. The summed E-state index contributed by atoms with van der Waals surface area (Å²) in [5, 5.41) is 11.2. The predicted octanol–water partition coefficient (Wildman–Crippen LogP) is 3.25. The second-order valence-corrected chi connectivity index (χ2v) is 6.89. The number of nitrogens with zero attached hydrogens (tertiary/aromatic N) is 2. The average molecular weight is 363 g/mol. The summed E-state index contributed by atoms with van der Waals surface area (Å²) in [6.45, 7) is 5.65. The Balaban J connectivity index is 2.83. The van der Waals surface area contributed by atoms with Gasteiger partial charge in [0.2, 0.25) is 0 Å². The van der Waals surface area contributed by atoms with Crippen LogP contribution < -0.4 is 0 Å². The predicted molar refractivity (Wildman–Crippen MR) is 83.0 cm³/mol. The third-order valence-electron chi connectivity index (χ3n) is 3.09. The standard InChI is InChI=1S/C13H19BrN2O3S/c1-5-16(13(2,3)11(17)18)12(19)15(4)7-10-6-9(14)8-20-10/h6,8H,5,7H2,1-4H3,(H,17,18). The largest absolute Gasteiger partial charge is 0.480 e. The van der Waals surface area contributed by atoms with Crippen molar-refractivity contribution in [2.24, 2.45) is 0 Å². The average Bonchev–Trinajstić information content (AvgIpc) is 2.74. The van der Waals surface area contributed by atoms with Gasteiger partial charge >= 0.3 is 12.0 Å². The summed E-state index contributed by atoms with van der Waals surface area (Å²) in [6, 6.07) is 1.66. The van der Waals surface area contributed by atoms with Gasteiger partial charge in [0.1, 0.15) is 5.54 Å². The van der Waals surface area contributed by atoms with Gasteiger partial charge in [0.15, 0.2) is 0 Å². The van der Waals surface area contributed by atoms with Crippen LogP contribution in [0.2, 0.25) is 0 Å². The van der Waals surface area contributed by atoms with Crippen LogP contribution in [0.1, 0.15) is 25.6 Å². The van der Waals surface area contributed by atoms with E-state index in [0.717, 1.165) is 9.35 Å². The lowest BCUT2D eigenvalue weighted by Gasteiger charge is -2.36. The lowest BCUT2D eigenvalue weighted by atomic mass is 10.0. The number of rotatable bonds is 5. The van der Waals surface area contributed by atoms with E-state index in [0.29, 0.717) is 13.1 Å². The van der Waals surface area contributed by atoms with E-state index in [4.69, 9.17) is 0 Å². The van der Waals surface area contributed by atoms with Crippen LogP contribution in [0.3, 0.4) is 0 Å². The highest BCUT2D eigenvalue weighted by molar-refractivity contribution is 9.10. The highest BCUT2D eigenvalue weighted by Crippen LogP contribution is 2.22. The Morgan fingerprint density at radius 1 is 1.45 bits per heavy atom. The Labute approximate surface area is 131 Å². The molecule has 0 bridgehead atoms. The molecule has 1 rings (SSSR count). The van der Waals surface area contributed by atoms with Gasteiger partial charge < -0.3 is 14.9 Å². The maximum absolute atomic E-state index is 12.4. The number of thiophene rings is 1. The van der Waals surface area contributed by atoms with Crippen molar-refractivity contribution in [3.05, 3.63) is 20.8 Å². The number of carbonyl (C=O) groups excluding carboxylic acids is 1. The van der Waals surface area contributed by atoms with E-state index in [1.165, 1.54) is 23.6 Å². The van der Waals surface area contributed by atoms with Crippen LogP contribution in [0.5, 0.6) is 0 Å². The van der Waals surface area contributed by atoms with Gasteiger partial charge in [0.05, 0.1) is 6.54 Å². The highest BCUT2D eigenvalue weighted by Gasteiger charge is 2.38. The molecule has 112 valence electrons. The zero-order valence-corrected chi connectivity index (χ0v) is 14.4. The lowest BCUT2D eigenvalue weighted by molar-refractivity contribution is -0.147. The second kappa shape index (κ2) is 6.58. The number of amides is 2. The molecule has 0 radical (unpaired) electrons. The van der Waals surface area contributed by atoms with Gasteiger partial charge in [-0.15, -0.1) is 11.3 Å². The number of urea groups is 1. The van der Waals surface area contributed by atoms with E-state index in [2.05, 4.69) is 15.9 Å². The Hall–Kier alpha value is -1.08. The van der Waals surface area contributed by atoms with E-state index >= 15 is 0 Å². The van der Waals surface area contributed by atoms with Gasteiger partial charge in [-0.05, 0) is 42.8 Å². The molecule has 0 saturated carbocycles. The number of carboxylic acid groups (broad SMARTS) is 1. The van der Waals surface area contributed by atoms with Crippen molar-refractivity contribution in [3.63, 3.8) is 0 Å². The summed E-state index contributed by atoms with van der Waals surface area (Å²) < 4.78 is 0.983. The number of likely N-dealkylation sites (N-methyl/N-ethyl adjacent to an activating group) is 1. The second-order valence-electron chi connectivity index (χ2n) is 4.98. The van der Waals surface area contributed by atoms with Crippen molar-refractivity contribution in [1.29, 1.82) is 0 Å². The summed E-state index contributed by atoms with van der Waals surface area (Å²) in [7, 11) is 1.68. The summed E-state index contributed by atoms with van der Waals surface area (Å²) in [6.07, 6.45) is 0. The molecule has 5 nitrogen and oxygen atoms in total. The zero-order valence-electron chi connectivity index (χ0n) is 12.0. The molecule has 7 heteroatoms. The number of carbonyl (C=O) groups is 2. The van der Waals surface area contributed by atoms with Crippen molar-refractivity contribution in [1.82, 2.24) is 9.80 Å². The molecular formula is C13H19BrN2O3S. The minimum Gasteiger partial charge on any atom is -0.480 e. The third kappa shape index (κ3) is 3.73. The number of hydrogen-bond acceptors (Lipinski definition) is 3. The normalized spacial score (nSPS) is 11.2. The fourth-order valence-electron chi connectivity index (χ4n) is 1.83. The molecule has 0 fully saturated rings. The molecule has 1 aromatic rings. The van der Waals surface area contributed by atoms with Crippen LogP contribution in [0.4, 0.5) is 4.79 Å². The minimum absolute atomic E-state index is 0.288. The van der Waals surface area contributed by atoms with Crippen LogP contribution in [0.25, 0.3) is 0 Å². The van der Waals surface area contributed by atoms with Crippen molar-refractivity contribution >= 4 is 39.3 Å². The van der Waals surface area contributed by atoms with E-state index in [-0.39, 0.29) is 6.03 Å². The lowest BCUT2D eigenvalue weighted by Crippen LogP contribution is -2.56. The third-order valence-corrected chi connectivity index (χ3v) is 4.77. The first kappa shape index (κ1) is 17.0. The number of hydrogen-bond donors (Lipinski definition) is 1. The molecule has 0 aliphatic heterocycles. The molecular weight excluding hydrogens is 344 g/mol. The van der Waals surface area contributed by atoms with Gasteiger partial charge in [0, 0.05) is 28.3 Å². The number of aliphatic carboxylic acids is 1. The minimum atomic E-state index is -1.23. The molecule has 0 saturated heterocycles. The first-order valence-electron chi connectivity index (χ1n) is 6.19. The Bertz CT molecular complexity index is 502. The smallest absolute Gasteiger partial charge is 0.329 e. The van der Waals surface area contributed by atoms with Gasteiger partial charge in [-0.1, -0.05) is 0 Å². The van der Waals surface area contributed by atoms with E-state index in [1.807, 2.05) is 11.4 Å². The summed E-state index contributed by atoms with van der Waals surface area (Å²) in [5.41, 5.74) is -1.23. The molecule has 1 aromatic heterocycles. The van der Waals surface area contributed by atoms with Crippen LogP contribution in [0, 0.1) is 0 Å². The molecule has 0 unspecified atom stereocenters. The zero-order chi connectivity index (χ0) is 15.5. The fraction of sp³-hybridized carbons (Fsp3) is 0.538. The van der Waals surface area contributed by atoms with Crippen LogP contribution >= 0.6 is 27.3 Å². The Kier molecular flexibility index (Phi) is 5.59. The van der Waals surface area contributed by atoms with E-state index in [9.17, 15) is 14.7 Å². The van der Waals surface area contributed by atoms with Gasteiger partial charge in [0.25, 0.3) is 0 Å². The fourth-order valence-corrected chi connectivity index (χ4v) is 3.33. The van der Waals surface area contributed by atoms with E-state index in [1.54, 1.807) is 25.3 Å². The van der Waals surface area contributed by atoms with Crippen molar-refractivity contribution in [2.75, 3.05) is 13.6 Å². The summed E-state index contributed by atoms with van der Waals surface area (Å²) in [5.74, 6) is -1.01. The van der Waals surface area contributed by atoms with Crippen LogP contribution in [0.15, 0.2) is 15.9 Å². The molecule has 0 spiro atoms. The van der Waals surface area contributed by atoms with Crippen molar-refractivity contribution in [3.8, 4) is 0 Å². The van der Waals surface area contributed by atoms with Crippen LogP contribution in [-0.4, -0.2) is 46.0 Å². The topological polar surface area (TPSA) is 60.9 Å². The first-order chi connectivity index (χ1) is 9.20. The van der Waals surface area contributed by atoms with Gasteiger partial charge in [-0.2, -0.15) is 0 Å². The van der Waals surface area contributed by atoms with Gasteiger partial charge in [-0.25, -0.2) is 9.59 Å². The molecule has 0 atom stereocenters. The first-order valence-corrected chi connectivity index (χ1v) is 7.86. The molecule has 0 aliphatic rings. The van der Waals surface area contributed by atoms with Crippen molar-refractivity contribution < 1.29 is 14.7 Å².